The predicted octanol–water partition coefficient (Wildman–Crippen LogP) is 14.6. The van der Waals surface area contributed by atoms with Crippen molar-refractivity contribution in [1.82, 2.24) is 0 Å². The summed E-state index contributed by atoms with van der Waals surface area (Å²) in [6.45, 7) is 4.78. The molecule has 0 heterocycles. The van der Waals surface area contributed by atoms with Crippen LogP contribution >= 0.6 is 0 Å². The second-order valence-electron chi connectivity index (χ2n) is 16.4. The van der Waals surface area contributed by atoms with E-state index < -0.39 is 5.41 Å². The second-order valence-corrected chi connectivity index (χ2v) is 16.4. The minimum absolute atomic E-state index is 0.0686. The smallest absolute Gasteiger partial charge is 0.0725 e. The molecule has 0 fully saturated rings. The van der Waals surface area contributed by atoms with Gasteiger partial charge in [-0.3, -0.25) is 0 Å². The number of para-hydroxylation sites is 1. The summed E-state index contributed by atoms with van der Waals surface area (Å²) < 4.78 is 0. The fourth-order valence-electron chi connectivity index (χ4n) is 10.7. The summed E-state index contributed by atoms with van der Waals surface area (Å²) in [5, 5.41) is 2.47. The first-order valence-corrected chi connectivity index (χ1v) is 20.1. The van der Waals surface area contributed by atoms with Gasteiger partial charge in [-0.25, -0.2) is 0 Å². The van der Waals surface area contributed by atoms with E-state index in [1.807, 2.05) is 0 Å². The van der Waals surface area contributed by atoms with Gasteiger partial charge >= 0.3 is 0 Å². The quantitative estimate of drug-likeness (QED) is 0.175. The van der Waals surface area contributed by atoms with Gasteiger partial charge in [0, 0.05) is 22.5 Å². The van der Waals surface area contributed by atoms with Crippen molar-refractivity contribution in [3.05, 3.63) is 234 Å². The van der Waals surface area contributed by atoms with E-state index in [0.717, 1.165) is 17.1 Å². The number of nitrogens with zero attached hydrogens (tertiary/aromatic N) is 1. The number of hydrogen-bond donors (Lipinski definition) is 0. The molecule has 1 nitrogen and oxygen atoms in total. The van der Waals surface area contributed by atoms with Crippen LogP contribution in [0.25, 0.3) is 55.3 Å². The molecule has 3 aliphatic rings. The van der Waals surface area contributed by atoms with Gasteiger partial charge in [-0.2, -0.15) is 0 Å². The molecule has 0 radical (unpaired) electrons. The Morgan fingerprint density at radius 3 is 1.61 bits per heavy atom. The van der Waals surface area contributed by atoms with Gasteiger partial charge in [0.25, 0.3) is 0 Å². The first-order valence-electron chi connectivity index (χ1n) is 20.1. The number of fused-ring (bicyclic) bond motifs is 15. The normalized spacial score (nSPS) is 16.1. The van der Waals surface area contributed by atoms with Gasteiger partial charge in [0.15, 0.2) is 0 Å². The van der Waals surface area contributed by atoms with Crippen LogP contribution in [-0.2, 0) is 10.8 Å². The highest BCUT2D eigenvalue weighted by atomic mass is 15.1. The van der Waals surface area contributed by atoms with Gasteiger partial charge in [0.1, 0.15) is 0 Å². The number of benzene rings is 9. The predicted molar refractivity (Wildman–Crippen MR) is 238 cm³/mol. The van der Waals surface area contributed by atoms with Crippen molar-refractivity contribution in [3.8, 4) is 44.5 Å². The lowest BCUT2D eigenvalue weighted by atomic mass is 9.69. The molecule has 3 aliphatic carbocycles. The molecule has 9 aromatic carbocycles. The van der Waals surface area contributed by atoms with Crippen molar-refractivity contribution in [2.75, 3.05) is 4.90 Å². The fraction of sp³-hybridized carbons (Fsp3) is 0.0714. The Kier molecular flexibility index (Phi) is 6.67. The summed E-state index contributed by atoms with van der Waals surface area (Å²) in [7, 11) is 0. The van der Waals surface area contributed by atoms with E-state index in [0.29, 0.717) is 0 Å². The maximum absolute atomic E-state index is 2.50. The lowest BCUT2D eigenvalue weighted by molar-refractivity contribution is 0.660. The zero-order valence-corrected chi connectivity index (χ0v) is 32.0. The molecule has 1 heteroatoms. The maximum atomic E-state index is 2.50. The first-order chi connectivity index (χ1) is 28.0. The van der Waals surface area contributed by atoms with E-state index in [1.165, 1.54) is 88.7 Å². The molecular formula is C56H39N. The average molecular weight is 726 g/mol. The molecule has 268 valence electrons. The van der Waals surface area contributed by atoms with Gasteiger partial charge < -0.3 is 4.90 Å². The highest BCUT2D eigenvalue weighted by Crippen LogP contribution is 2.66. The van der Waals surface area contributed by atoms with E-state index in [4.69, 9.17) is 0 Å². The van der Waals surface area contributed by atoms with Crippen molar-refractivity contribution in [2.45, 2.75) is 24.7 Å². The van der Waals surface area contributed by atoms with Crippen molar-refractivity contribution >= 4 is 27.8 Å². The van der Waals surface area contributed by atoms with Crippen LogP contribution in [0, 0.1) is 0 Å². The Labute approximate surface area is 334 Å². The molecule has 1 atom stereocenters. The molecule has 0 saturated carbocycles. The van der Waals surface area contributed by atoms with E-state index >= 15 is 0 Å². The van der Waals surface area contributed by atoms with Crippen LogP contribution in [0.1, 0.15) is 47.2 Å². The van der Waals surface area contributed by atoms with Crippen LogP contribution in [0.3, 0.4) is 0 Å². The van der Waals surface area contributed by atoms with Crippen LogP contribution in [0.4, 0.5) is 17.1 Å². The summed E-state index contributed by atoms with van der Waals surface area (Å²) >= 11 is 0. The Hall–Kier alpha value is -6.96. The first kappa shape index (κ1) is 32.3. The molecule has 0 N–H and O–H groups in total. The van der Waals surface area contributed by atoms with Crippen LogP contribution in [0.15, 0.2) is 200 Å². The standard InChI is InChI=1S/C56H39N/c1-55(2)47-21-11-9-19-45(47)53-50(55)32-33-51-54(53)46-20-10-13-23-49(46)56(51)48-22-12-8-18-43(48)44-31-27-39(35-52(44)56)37-24-28-41(29-25-37)57(40-16-4-3-5-17-40)42-30-26-36-14-6-7-15-38(36)34-42/h3-35H,1-2H3. The van der Waals surface area contributed by atoms with Crippen LogP contribution in [-0.4, -0.2) is 0 Å². The van der Waals surface area contributed by atoms with Crippen molar-refractivity contribution in [2.24, 2.45) is 0 Å². The summed E-state index contributed by atoms with van der Waals surface area (Å²) in [6, 6.07) is 74.7. The van der Waals surface area contributed by atoms with Crippen LogP contribution < -0.4 is 4.90 Å². The maximum Gasteiger partial charge on any atom is 0.0725 e. The monoisotopic (exact) mass is 725 g/mol. The van der Waals surface area contributed by atoms with Gasteiger partial charge in [0.2, 0.25) is 0 Å². The molecule has 12 rings (SSSR count). The third kappa shape index (κ3) is 4.34. The summed E-state index contributed by atoms with van der Waals surface area (Å²) in [5.41, 5.74) is 21.8. The largest absolute Gasteiger partial charge is 0.310 e. The lowest BCUT2D eigenvalue weighted by Crippen LogP contribution is -2.26. The fourth-order valence-corrected chi connectivity index (χ4v) is 10.7. The second kappa shape index (κ2) is 11.8. The van der Waals surface area contributed by atoms with Crippen molar-refractivity contribution in [3.63, 3.8) is 0 Å². The highest BCUT2D eigenvalue weighted by Gasteiger charge is 2.53. The SMILES string of the molecule is CC1(C)c2ccccc2-c2c1ccc1c2-c2ccccc2C12c1ccccc1-c1ccc(-c3ccc(N(c4ccccc4)c4ccc5ccccc5c4)cc3)cc12. The Balaban J connectivity index is 1.04. The Bertz CT molecular complexity index is 3100. The Morgan fingerprint density at radius 1 is 0.316 bits per heavy atom. The lowest BCUT2D eigenvalue weighted by Gasteiger charge is -2.31. The molecule has 57 heavy (non-hydrogen) atoms. The molecule has 0 amide bonds. The van der Waals surface area contributed by atoms with E-state index in [1.54, 1.807) is 0 Å². The zero-order valence-electron chi connectivity index (χ0n) is 32.0. The molecular weight excluding hydrogens is 687 g/mol. The minimum atomic E-state index is -0.426. The number of rotatable bonds is 4. The van der Waals surface area contributed by atoms with Crippen LogP contribution in [0.5, 0.6) is 0 Å². The van der Waals surface area contributed by atoms with E-state index in [-0.39, 0.29) is 5.41 Å². The van der Waals surface area contributed by atoms with Gasteiger partial charge in [-0.05, 0) is 131 Å². The highest BCUT2D eigenvalue weighted by molar-refractivity contribution is 6.03. The van der Waals surface area contributed by atoms with Gasteiger partial charge in [-0.15, -0.1) is 0 Å². The molecule has 0 bridgehead atoms. The molecule has 0 aliphatic heterocycles. The van der Waals surface area contributed by atoms with E-state index in [9.17, 15) is 0 Å². The van der Waals surface area contributed by atoms with Crippen LogP contribution in [0.2, 0.25) is 0 Å². The number of anilines is 3. The number of hydrogen-bond acceptors (Lipinski definition) is 1. The van der Waals surface area contributed by atoms with E-state index in [2.05, 4.69) is 219 Å². The summed E-state index contributed by atoms with van der Waals surface area (Å²) in [5.74, 6) is 0. The molecule has 1 spiro atoms. The topological polar surface area (TPSA) is 3.24 Å². The third-order valence-corrected chi connectivity index (χ3v) is 13.3. The zero-order chi connectivity index (χ0) is 37.9. The van der Waals surface area contributed by atoms with Gasteiger partial charge in [-0.1, -0.05) is 172 Å². The molecule has 0 saturated heterocycles. The van der Waals surface area contributed by atoms with Crippen molar-refractivity contribution < 1.29 is 0 Å². The minimum Gasteiger partial charge on any atom is -0.310 e. The molecule has 0 aromatic heterocycles. The Morgan fingerprint density at radius 2 is 0.842 bits per heavy atom. The third-order valence-electron chi connectivity index (χ3n) is 13.3. The summed E-state index contributed by atoms with van der Waals surface area (Å²) in [4.78, 5) is 2.36. The van der Waals surface area contributed by atoms with Gasteiger partial charge in [0.05, 0.1) is 5.41 Å². The summed E-state index contributed by atoms with van der Waals surface area (Å²) in [6.07, 6.45) is 0. The average Bonchev–Trinajstić information content (AvgIpc) is 3.83. The molecule has 9 aromatic rings. The molecule has 1 unspecified atom stereocenters. The van der Waals surface area contributed by atoms with Crippen molar-refractivity contribution in [1.29, 1.82) is 0 Å².